The number of carbonyl (C=O) groups excluding carboxylic acids is 1. The average Bonchev–Trinajstić information content (AvgIpc) is 2.81. The fourth-order valence-corrected chi connectivity index (χ4v) is 4.13. The van der Waals surface area contributed by atoms with E-state index in [4.69, 9.17) is 17.1 Å². The van der Waals surface area contributed by atoms with E-state index in [0.29, 0.717) is 0 Å². The molecule has 21 heteroatoms. The summed E-state index contributed by atoms with van der Waals surface area (Å²) in [5.41, 5.74) is 0. The fourth-order valence-electron chi connectivity index (χ4n) is 3.33. The summed E-state index contributed by atoms with van der Waals surface area (Å²) in [6, 6.07) is -1.83. The van der Waals surface area contributed by atoms with E-state index in [1.165, 1.54) is 0 Å². The highest BCUT2D eigenvalue weighted by atomic mass is 32.3. The van der Waals surface area contributed by atoms with Gasteiger partial charge >= 0.3 is 26.8 Å². The van der Waals surface area contributed by atoms with Crippen molar-refractivity contribution < 1.29 is 83.6 Å². The molecule has 2 fully saturated rings. The summed E-state index contributed by atoms with van der Waals surface area (Å²) in [5, 5.41) is 51.8. The number of aliphatic hydroxyl groups is 4. The van der Waals surface area contributed by atoms with Crippen molar-refractivity contribution >= 4 is 32.7 Å². The largest absolute Gasteiger partial charge is 0.479 e. The maximum atomic E-state index is 11.9. The standard InChI is InChI=1S/C14H23NO18S2/c1-3(16)15-5-10(31-14-8(19)6(17)7(18)11(32-14)12(20)21)9(33-35(26,27)28)4(30-13(5)22)2-29-34(23,24)25/h4-11,13-14,17-19,22H,2H2,1H3,(H,15,16)(H,20,21)(H,23,24,25)(H,26,27,28)/t4-,5-,6+,7+,8-,9-,10-,11+,13?,14-/m1/s1/i/hD2. The van der Waals surface area contributed by atoms with Crippen LogP contribution in [0.3, 0.4) is 0 Å². The molecule has 10 atom stereocenters. The molecule has 2 saturated heterocycles. The Balaban J connectivity index is 2.51. The van der Waals surface area contributed by atoms with E-state index in [1.54, 1.807) is 0 Å². The molecular formula is C14H23NO18S2. The van der Waals surface area contributed by atoms with E-state index in [-0.39, 0.29) is 0 Å². The first kappa shape index (κ1) is 26.5. The topological polar surface area (TPSA) is 302 Å². The molecule has 204 valence electrons. The van der Waals surface area contributed by atoms with Gasteiger partial charge in [0.05, 0.1) is 6.61 Å². The highest BCUT2D eigenvalue weighted by molar-refractivity contribution is 7.81. The van der Waals surface area contributed by atoms with E-state index in [0.717, 1.165) is 6.92 Å². The van der Waals surface area contributed by atoms with Crippen LogP contribution < -0.4 is 5.32 Å². The lowest BCUT2D eigenvalue weighted by Crippen LogP contribution is -2.68. The van der Waals surface area contributed by atoms with E-state index >= 15 is 0 Å². The van der Waals surface area contributed by atoms with Crippen LogP contribution in [0.5, 0.6) is 0 Å². The van der Waals surface area contributed by atoms with Gasteiger partial charge in [-0.15, -0.1) is 0 Å². The molecule has 0 saturated carbocycles. The average molecular weight is 559 g/mol. The van der Waals surface area contributed by atoms with Crippen molar-refractivity contribution in [3.63, 3.8) is 0 Å². The minimum atomic E-state index is -5.26. The molecule has 2 aliphatic heterocycles. The van der Waals surface area contributed by atoms with E-state index in [9.17, 15) is 52.0 Å². The monoisotopic (exact) mass is 559 g/mol. The predicted octanol–water partition coefficient (Wildman–Crippen LogP) is -5.51. The molecule has 0 bridgehead atoms. The van der Waals surface area contributed by atoms with Crippen LogP contribution in [-0.2, 0) is 53.0 Å². The predicted molar refractivity (Wildman–Crippen MR) is 102 cm³/mol. The van der Waals surface area contributed by atoms with Crippen LogP contribution in [0.2, 0.25) is 0 Å². The molecule has 0 aromatic heterocycles. The number of carboxylic acid groups (broad SMARTS) is 1. The van der Waals surface area contributed by atoms with Crippen molar-refractivity contribution in [1.82, 2.24) is 5.32 Å². The molecule has 1 amide bonds. The van der Waals surface area contributed by atoms with Gasteiger partial charge < -0.3 is 45.1 Å². The van der Waals surface area contributed by atoms with Gasteiger partial charge in [0, 0.05) is 6.92 Å². The third kappa shape index (κ3) is 7.94. The molecule has 2 heterocycles. The van der Waals surface area contributed by atoms with Gasteiger partial charge in [-0.05, 0) is 0 Å². The molecule has 8 N–H and O–H groups in total. The number of amides is 1. The molecule has 0 aliphatic carbocycles. The molecule has 2 aliphatic rings. The van der Waals surface area contributed by atoms with Crippen LogP contribution in [-0.4, -0.2) is 131 Å². The molecule has 2 rings (SSSR count). The summed E-state index contributed by atoms with van der Waals surface area (Å²) in [6.07, 6.45) is -19.4. The lowest BCUT2D eigenvalue weighted by atomic mass is 9.95. The van der Waals surface area contributed by atoms with E-state index < -0.39 is 101 Å². The minimum absolute atomic E-state index is 0.886. The van der Waals surface area contributed by atoms with Gasteiger partial charge in [-0.25, -0.2) is 13.2 Å². The highest BCUT2D eigenvalue weighted by Crippen LogP contribution is 2.31. The van der Waals surface area contributed by atoms with Crippen molar-refractivity contribution in [2.45, 2.75) is 68.3 Å². The van der Waals surface area contributed by atoms with Gasteiger partial charge in [-0.3, -0.25) is 13.9 Å². The third-order valence-electron chi connectivity index (χ3n) is 4.75. The van der Waals surface area contributed by atoms with Gasteiger partial charge in [0.15, 0.2) is 18.7 Å². The Morgan fingerprint density at radius 3 is 2.14 bits per heavy atom. The molecular weight excluding hydrogens is 534 g/mol. The zero-order valence-corrected chi connectivity index (χ0v) is 19.0. The Kier molecular flexibility index (Phi) is 8.47. The minimum Gasteiger partial charge on any atom is -0.479 e. The number of hydrogen-bond donors (Lipinski definition) is 8. The van der Waals surface area contributed by atoms with Crippen molar-refractivity contribution in [1.29, 1.82) is 2.86 Å². The Hall–Kier alpha value is -1.60. The van der Waals surface area contributed by atoms with Crippen LogP contribution in [0.15, 0.2) is 0 Å². The lowest BCUT2D eigenvalue weighted by Gasteiger charge is -2.46. The summed E-state index contributed by atoms with van der Waals surface area (Å²) in [4.78, 5) is 23.1. The first-order valence-electron chi connectivity index (χ1n) is 10.2. The number of aliphatic carboxylic acids is 1. The number of aliphatic hydroxyl groups excluding tert-OH is 4. The first-order chi connectivity index (χ1) is 17.0. The zero-order valence-electron chi connectivity index (χ0n) is 19.3. The number of nitrogens with one attached hydrogen (secondary N) is 1. The van der Waals surface area contributed by atoms with Gasteiger partial charge in [0.25, 0.3) is 0 Å². The molecule has 19 nitrogen and oxygen atoms in total. The smallest absolute Gasteiger partial charge is 0.397 e. The highest BCUT2D eigenvalue weighted by Gasteiger charge is 2.54. The van der Waals surface area contributed by atoms with Gasteiger partial charge in [-0.1, -0.05) is 0 Å². The third-order valence-corrected chi connectivity index (χ3v) is 5.63. The van der Waals surface area contributed by atoms with Crippen molar-refractivity contribution in [3.05, 3.63) is 0 Å². The second-order valence-electron chi connectivity index (χ2n) is 7.29. The van der Waals surface area contributed by atoms with Gasteiger partial charge in [0.1, 0.15) is 42.7 Å². The normalized spacial score (nSPS) is 39.3. The maximum Gasteiger partial charge on any atom is 0.397 e. The van der Waals surface area contributed by atoms with E-state index in [1.807, 2.05) is 0 Å². The van der Waals surface area contributed by atoms with Gasteiger partial charge in [0.2, 0.25) is 8.77 Å². The van der Waals surface area contributed by atoms with Crippen molar-refractivity contribution in [3.8, 4) is 0 Å². The molecule has 0 spiro atoms. The van der Waals surface area contributed by atoms with Crippen LogP contribution in [0.25, 0.3) is 2.86 Å². The number of hydrogen-bond acceptors (Lipinski definition) is 17. The summed E-state index contributed by atoms with van der Waals surface area (Å²) in [7, 11) is -10.3. The van der Waals surface area contributed by atoms with Crippen LogP contribution >= 0.6 is 0 Å². The quantitative estimate of drug-likeness (QED) is 0.109. The van der Waals surface area contributed by atoms with Crippen LogP contribution in [0, 0.1) is 0 Å². The maximum absolute atomic E-state index is 11.9. The molecule has 0 aromatic rings. The van der Waals surface area contributed by atoms with Crippen molar-refractivity contribution in [2.75, 3.05) is 6.61 Å². The summed E-state index contributed by atoms with van der Waals surface area (Å²) in [6.45, 7) is -0.306. The summed E-state index contributed by atoms with van der Waals surface area (Å²) in [5.74, 6) is -2.70. The number of rotatable bonds is 11. The molecule has 0 aromatic carbocycles. The number of carbonyl (C=O) groups is 2. The second kappa shape index (κ2) is 11.2. The van der Waals surface area contributed by atoms with Gasteiger partial charge in [-0.2, -0.15) is 16.8 Å². The lowest BCUT2D eigenvalue weighted by molar-refractivity contribution is -0.334. The number of ether oxygens (including phenoxy) is 3. The molecule has 0 radical (unpaired) electrons. The zero-order chi connectivity index (χ0) is 28.3. The number of carboxylic acids is 1. The Morgan fingerprint density at radius 2 is 1.60 bits per heavy atom. The Labute approximate surface area is 200 Å². The molecule has 35 heavy (non-hydrogen) atoms. The van der Waals surface area contributed by atoms with Crippen LogP contribution in [0.1, 0.15) is 6.92 Å². The second-order valence-corrected chi connectivity index (χ2v) is 9.35. The Bertz CT molecular complexity index is 1030. The summed E-state index contributed by atoms with van der Waals surface area (Å²) >= 11 is 0. The molecule has 1 unspecified atom stereocenters. The van der Waals surface area contributed by atoms with Crippen molar-refractivity contribution in [2.24, 2.45) is 0 Å². The van der Waals surface area contributed by atoms with Crippen LogP contribution in [0.4, 0.5) is 0 Å². The first-order valence-corrected chi connectivity index (χ1v) is 12.0. The summed E-state index contributed by atoms with van der Waals surface area (Å²) < 4.78 is 90.6. The Morgan fingerprint density at radius 1 is 0.971 bits per heavy atom. The SMILES string of the molecule is [2H]OS(=O)(=O)OC[C@H]1OC(O)[C@H](NC(C)=O)[C@@H](O[C@@H]2O[C@H](C(=O)O)[C@@H](O)[C@H](O)[C@H]2O)[C@@H]1OS(=O)(=O)O[2H]. The van der Waals surface area contributed by atoms with E-state index in [2.05, 4.69) is 22.8 Å². The fraction of sp³-hybridized carbons (Fsp3) is 0.857.